The van der Waals surface area contributed by atoms with Crippen molar-refractivity contribution in [2.24, 2.45) is 0 Å². The van der Waals surface area contributed by atoms with Crippen molar-refractivity contribution in [3.05, 3.63) is 48.4 Å². The summed E-state index contributed by atoms with van der Waals surface area (Å²) in [6.07, 6.45) is 2.72. The number of aryl methyl sites for hydroxylation is 1. The Morgan fingerprint density at radius 3 is 2.79 bits per heavy atom. The second-order valence-electron chi connectivity index (χ2n) is 5.46. The summed E-state index contributed by atoms with van der Waals surface area (Å²) < 4.78 is 5.06. The molecule has 3 rings (SSSR count). The molecule has 0 aliphatic rings. The number of hydrogen-bond acceptors (Lipinski definition) is 6. The Morgan fingerprint density at radius 2 is 1.92 bits per heavy atom. The van der Waals surface area contributed by atoms with Crippen molar-refractivity contribution in [2.45, 2.75) is 13.3 Å². The van der Waals surface area contributed by atoms with Gasteiger partial charge >= 0.3 is 0 Å². The summed E-state index contributed by atoms with van der Waals surface area (Å²) >= 11 is 0. The van der Waals surface area contributed by atoms with Crippen LogP contribution < -0.4 is 10.6 Å². The van der Waals surface area contributed by atoms with Crippen LogP contribution in [0.4, 0.5) is 17.3 Å². The first-order valence-corrected chi connectivity index (χ1v) is 7.95. The Morgan fingerprint density at radius 1 is 1.08 bits per heavy atom. The first-order valence-electron chi connectivity index (χ1n) is 7.95. The molecule has 2 N–H and O–H groups in total. The van der Waals surface area contributed by atoms with Crippen LogP contribution >= 0.6 is 0 Å². The van der Waals surface area contributed by atoms with Gasteiger partial charge in [-0.25, -0.2) is 9.97 Å². The van der Waals surface area contributed by atoms with Gasteiger partial charge in [0.1, 0.15) is 17.5 Å². The number of pyridine rings is 1. The average Bonchev–Trinajstić information content (AvgIpc) is 2.59. The van der Waals surface area contributed by atoms with E-state index in [1.54, 1.807) is 13.3 Å². The van der Waals surface area contributed by atoms with Crippen molar-refractivity contribution in [3.63, 3.8) is 0 Å². The number of para-hydroxylation sites is 1. The Bertz CT molecular complexity index is 816. The predicted octanol–water partition coefficient (Wildman–Crippen LogP) is 3.53. The summed E-state index contributed by atoms with van der Waals surface area (Å²) in [6.45, 7) is 3.41. The molecule has 0 atom stereocenters. The second-order valence-corrected chi connectivity index (χ2v) is 5.46. The molecule has 0 saturated heterocycles. The third-order valence-corrected chi connectivity index (χ3v) is 3.56. The smallest absolute Gasteiger partial charge is 0.136 e. The van der Waals surface area contributed by atoms with Gasteiger partial charge in [-0.3, -0.25) is 4.98 Å². The van der Waals surface area contributed by atoms with Gasteiger partial charge in [-0.05, 0) is 25.5 Å². The Kier molecular flexibility index (Phi) is 5.18. The molecule has 0 saturated carbocycles. The lowest BCUT2D eigenvalue weighted by atomic mass is 10.2. The fourth-order valence-corrected chi connectivity index (χ4v) is 2.50. The third-order valence-electron chi connectivity index (χ3n) is 3.56. The minimum absolute atomic E-state index is 0.711. The molecule has 24 heavy (non-hydrogen) atoms. The maximum Gasteiger partial charge on any atom is 0.136 e. The van der Waals surface area contributed by atoms with E-state index in [9.17, 15) is 0 Å². The second kappa shape index (κ2) is 7.70. The van der Waals surface area contributed by atoms with E-state index in [1.807, 2.05) is 43.3 Å². The number of benzene rings is 1. The number of nitrogens with one attached hydrogen (secondary N) is 2. The van der Waals surface area contributed by atoms with Gasteiger partial charge < -0.3 is 15.4 Å². The summed E-state index contributed by atoms with van der Waals surface area (Å²) in [5, 5.41) is 7.74. The van der Waals surface area contributed by atoms with Crippen LogP contribution in [0.2, 0.25) is 0 Å². The monoisotopic (exact) mass is 323 g/mol. The van der Waals surface area contributed by atoms with E-state index in [1.165, 1.54) is 0 Å². The third kappa shape index (κ3) is 3.97. The number of hydrogen-bond donors (Lipinski definition) is 2. The van der Waals surface area contributed by atoms with Gasteiger partial charge in [0.25, 0.3) is 0 Å². The fraction of sp³-hybridized carbons (Fsp3) is 0.278. The highest BCUT2D eigenvalue weighted by Gasteiger charge is 2.06. The molecule has 0 fully saturated rings. The summed E-state index contributed by atoms with van der Waals surface area (Å²) in [5.41, 5.74) is 1.85. The van der Waals surface area contributed by atoms with Crippen LogP contribution in [0.15, 0.2) is 42.6 Å². The number of anilines is 3. The first-order chi connectivity index (χ1) is 11.8. The van der Waals surface area contributed by atoms with Crippen LogP contribution in [-0.2, 0) is 4.74 Å². The SMILES string of the molecule is COCCCNc1cc(Nc2cccc3cccnc23)nc(C)n1. The largest absolute Gasteiger partial charge is 0.385 e. The van der Waals surface area contributed by atoms with E-state index >= 15 is 0 Å². The highest BCUT2D eigenvalue weighted by Crippen LogP contribution is 2.24. The first kappa shape index (κ1) is 16.1. The van der Waals surface area contributed by atoms with Crippen molar-refractivity contribution in [3.8, 4) is 0 Å². The molecule has 0 spiro atoms. The highest BCUT2D eigenvalue weighted by molar-refractivity contribution is 5.91. The predicted molar refractivity (Wildman–Crippen MR) is 96.8 cm³/mol. The number of rotatable bonds is 7. The van der Waals surface area contributed by atoms with Gasteiger partial charge in [0.05, 0.1) is 11.2 Å². The summed E-state index contributed by atoms with van der Waals surface area (Å²) in [7, 11) is 1.70. The van der Waals surface area contributed by atoms with E-state index in [-0.39, 0.29) is 0 Å². The van der Waals surface area contributed by atoms with E-state index in [0.717, 1.165) is 47.8 Å². The van der Waals surface area contributed by atoms with Crippen LogP contribution in [0, 0.1) is 6.92 Å². The van der Waals surface area contributed by atoms with Crippen molar-refractivity contribution in [1.29, 1.82) is 0 Å². The molecule has 3 aromatic rings. The number of aromatic nitrogens is 3. The lowest BCUT2D eigenvalue weighted by Gasteiger charge is -2.11. The van der Waals surface area contributed by atoms with Crippen LogP contribution in [0.25, 0.3) is 10.9 Å². The zero-order valence-corrected chi connectivity index (χ0v) is 13.9. The van der Waals surface area contributed by atoms with Crippen molar-refractivity contribution < 1.29 is 4.74 Å². The number of methoxy groups -OCH3 is 1. The molecule has 124 valence electrons. The van der Waals surface area contributed by atoms with Gasteiger partial charge in [-0.15, -0.1) is 0 Å². The molecule has 0 aliphatic carbocycles. The summed E-state index contributed by atoms with van der Waals surface area (Å²) in [6, 6.07) is 11.9. The molecule has 0 unspecified atom stereocenters. The maximum atomic E-state index is 5.06. The molecule has 2 heterocycles. The van der Waals surface area contributed by atoms with Crippen molar-refractivity contribution >= 4 is 28.2 Å². The summed E-state index contributed by atoms with van der Waals surface area (Å²) in [4.78, 5) is 13.3. The van der Waals surface area contributed by atoms with Crippen molar-refractivity contribution in [1.82, 2.24) is 15.0 Å². The van der Waals surface area contributed by atoms with Gasteiger partial charge in [0, 0.05) is 37.9 Å². The van der Waals surface area contributed by atoms with Crippen molar-refractivity contribution in [2.75, 3.05) is 30.9 Å². The molecule has 0 amide bonds. The number of ether oxygens (including phenoxy) is 1. The highest BCUT2D eigenvalue weighted by atomic mass is 16.5. The molecular formula is C18H21N5O. The van der Waals surface area contributed by atoms with Gasteiger partial charge in [-0.2, -0.15) is 0 Å². The molecule has 0 aliphatic heterocycles. The molecule has 6 heteroatoms. The zero-order chi connectivity index (χ0) is 16.8. The van der Waals surface area contributed by atoms with Crippen LogP contribution in [-0.4, -0.2) is 35.2 Å². The minimum Gasteiger partial charge on any atom is -0.385 e. The fourth-order valence-electron chi connectivity index (χ4n) is 2.50. The minimum atomic E-state index is 0.711. The molecular weight excluding hydrogens is 302 g/mol. The number of nitrogens with zero attached hydrogens (tertiary/aromatic N) is 3. The molecule has 1 aromatic carbocycles. The summed E-state index contributed by atoms with van der Waals surface area (Å²) in [5.74, 6) is 2.26. The lowest BCUT2D eigenvalue weighted by Crippen LogP contribution is -2.08. The normalized spacial score (nSPS) is 10.8. The Labute approximate surface area is 141 Å². The molecule has 0 bridgehead atoms. The van der Waals surface area contributed by atoms with E-state index in [0.29, 0.717) is 5.82 Å². The van der Waals surface area contributed by atoms with Crippen LogP contribution in [0.5, 0.6) is 0 Å². The molecule has 0 radical (unpaired) electrons. The van der Waals surface area contributed by atoms with Gasteiger partial charge in [0.15, 0.2) is 0 Å². The standard InChI is InChI=1S/C18H21N5O/c1-13-21-16(19-10-5-11-24-2)12-17(22-13)23-15-8-3-6-14-7-4-9-20-18(14)15/h3-4,6-9,12H,5,10-11H2,1-2H3,(H2,19,21,22,23). The van der Waals surface area contributed by atoms with Crippen LogP contribution in [0.1, 0.15) is 12.2 Å². The van der Waals surface area contributed by atoms with E-state index < -0.39 is 0 Å². The number of fused-ring (bicyclic) bond motifs is 1. The Hall–Kier alpha value is -2.73. The van der Waals surface area contributed by atoms with Gasteiger partial charge in [0.2, 0.25) is 0 Å². The van der Waals surface area contributed by atoms with E-state index in [4.69, 9.17) is 4.74 Å². The quantitative estimate of drug-likeness (QED) is 0.648. The van der Waals surface area contributed by atoms with Gasteiger partial charge in [-0.1, -0.05) is 18.2 Å². The van der Waals surface area contributed by atoms with Crippen LogP contribution in [0.3, 0.4) is 0 Å². The average molecular weight is 323 g/mol. The molecule has 2 aromatic heterocycles. The van der Waals surface area contributed by atoms with E-state index in [2.05, 4.69) is 25.6 Å². The maximum absolute atomic E-state index is 5.06. The Balaban J connectivity index is 1.80. The topological polar surface area (TPSA) is 72.0 Å². The molecule has 6 nitrogen and oxygen atoms in total. The zero-order valence-electron chi connectivity index (χ0n) is 13.9. The lowest BCUT2D eigenvalue weighted by molar-refractivity contribution is 0.198.